The van der Waals surface area contributed by atoms with Crippen LogP contribution in [0.15, 0.2) is 30.5 Å². The van der Waals surface area contributed by atoms with Gasteiger partial charge in [-0.15, -0.1) is 0 Å². The summed E-state index contributed by atoms with van der Waals surface area (Å²) in [6.07, 6.45) is 2.45. The number of hydrogen-bond donors (Lipinski definition) is 2. The number of aromatic nitrogens is 2. The third-order valence-electron chi connectivity index (χ3n) is 3.59. The van der Waals surface area contributed by atoms with E-state index in [0.717, 1.165) is 18.6 Å². The third kappa shape index (κ3) is 3.11. The summed E-state index contributed by atoms with van der Waals surface area (Å²) >= 11 is 0. The smallest absolute Gasteiger partial charge is 0.255 e. The molecule has 0 aliphatic carbocycles. The van der Waals surface area contributed by atoms with Crippen molar-refractivity contribution in [3.63, 3.8) is 0 Å². The Hall–Kier alpha value is -2.21. The predicted molar refractivity (Wildman–Crippen MR) is 75.2 cm³/mol. The van der Waals surface area contributed by atoms with Gasteiger partial charge in [-0.05, 0) is 30.7 Å². The van der Waals surface area contributed by atoms with Crippen molar-refractivity contribution < 1.29 is 13.9 Å². The van der Waals surface area contributed by atoms with Crippen LogP contribution < -0.4 is 5.32 Å². The molecular formula is C15H16FN3O2. The summed E-state index contributed by atoms with van der Waals surface area (Å²) < 4.78 is 18.2. The van der Waals surface area contributed by atoms with Crippen LogP contribution >= 0.6 is 0 Å². The van der Waals surface area contributed by atoms with E-state index in [1.165, 1.54) is 18.3 Å². The van der Waals surface area contributed by atoms with Crippen LogP contribution in [0.5, 0.6) is 0 Å². The lowest BCUT2D eigenvalue weighted by Crippen LogP contribution is -2.29. The highest BCUT2D eigenvalue weighted by Gasteiger charge is 2.19. The number of aromatic amines is 1. The van der Waals surface area contributed by atoms with Gasteiger partial charge in [0.05, 0.1) is 24.1 Å². The molecule has 2 N–H and O–H groups in total. The van der Waals surface area contributed by atoms with Crippen molar-refractivity contribution in [2.45, 2.75) is 6.42 Å². The second-order valence-electron chi connectivity index (χ2n) is 5.11. The normalized spacial score (nSPS) is 17.9. The van der Waals surface area contributed by atoms with Gasteiger partial charge in [0.25, 0.3) is 5.91 Å². The zero-order chi connectivity index (χ0) is 14.7. The zero-order valence-corrected chi connectivity index (χ0v) is 11.4. The average Bonchev–Trinajstić information content (AvgIpc) is 3.17. The lowest BCUT2D eigenvalue weighted by molar-refractivity contribution is 0.0945. The van der Waals surface area contributed by atoms with Crippen LogP contribution in [0.1, 0.15) is 16.8 Å². The number of hydrogen-bond acceptors (Lipinski definition) is 3. The van der Waals surface area contributed by atoms with Crippen LogP contribution in [0.2, 0.25) is 0 Å². The van der Waals surface area contributed by atoms with E-state index >= 15 is 0 Å². The highest BCUT2D eigenvalue weighted by molar-refractivity contribution is 5.99. The summed E-state index contributed by atoms with van der Waals surface area (Å²) in [6, 6.07) is 5.94. The molecule has 1 unspecified atom stereocenters. The van der Waals surface area contributed by atoms with E-state index in [-0.39, 0.29) is 11.7 Å². The van der Waals surface area contributed by atoms with E-state index in [1.807, 2.05) is 0 Å². The first-order chi connectivity index (χ1) is 10.2. The number of carbonyl (C=O) groups is 1. The number of rotatable bonds is 4. The number of amides is 1. The topological polar surface area (TPSA) is 67.0 Å². The molecule has 0 radical (unpaired) electrons. The third-order valence-corrected chi connectivity index (χ3v) is 3.59. The number of nitrogens with zero attached hydrogens (tertiary/aromatic N) is 1. The van der Waals surface area contributed by atoms with Crippen LogP contribution in [0, 0.1) is 11.7 Å². The molecule has 1 aliphatic heterocycles. The van der Waals surface area contributed by atoms with Crippen molar-refractivity contribution in [1.82, 2.24) is 15.5 Å². The number of H-pyrrole nitrogens is 1. The molecule has 1 aliphatic rings. The Balaban J connectivity index is 1.72. The summed E-state index contributed by atoms with van der Waals surface area (Å²) in [7, 11) is 0. The molecule has 1 amide bonds. The Kier molecular flexibility index (Phi) is 3.96. The van der Waals surface area contributed by atoms with Gasteiger partial charge in [-0.2, -0.15) is 5.10 Å². The molecule has 110 valence electrons. The summed E-state index contributed by atoms with van der Waals surface area (Å²) in [5, 5.41) is 9.61. The molecule has 5 nitrogen and oxygen atoms in total. The average molecular weight is 289 g/mol. The minimum absolute atomic E-state index is 0.185. The van der Waals surface area contributed by atoms with E-state index < -0.39 is 0 Å². The van der Waals surface area contributed by atoms with Crippen LogP contribution in [0.3, 0.4) is 0 Å². The maximum absolute atomic E-state index is 13.0. The molecule has 3 rings (SSSR count). The standard InChI is InChI=1S/C15H16FN3O2/c16-12-3-1-11(2-4-12)14-13(8-18-19-14)15(20)17-7-10-5-6-21-9-10/h1-4,8,10H,5-7,9H2,(H,17,20)(H,18,19). The van der Waals surface area contributed by atoms with Crippen molar-refractivity contribution in [2.24, 2.45) is 5.92 Å². The fraction of sp³-hybridized carbons (Fsp3) is 0.333. The van der Waals surface area contributed by atoms with E-state index in [0.29, 0.717) is 30.3 Å². The van der Waals surface area contributed by atoms with Crippen molar-refractivity contribution in [3.8, 4) is 11.3 Å². The molecule has 1 saturated heterocycles. The van der Waals surface area contributed by atoms with Gasteiger partial charge in [0.1, 0.15) is 5.82 Å². The second-order valence-corrected chi connectivity index (χ2v) is 5.11. The highest BCUT2D eigenvalue weighted by atomic mass is 19.1. The first kappa shape index (κ1) is 13.8. The largest absolute Gasteiger partial charge is 0.381 e. The summed E-state index contributed by atoms with van der Waals surface area (Å²) in [4.78, 5) is 12.2. The molecule has 1 aromatic heterocycles. The maximum atomic E-state index is 13.0. The van der Waals surface area contributed by atoms with E-state index in [1.54, 1.807) is 12.1 Å². The van der Waals surface area contributed by atoms with Gasteiger partial charge in [0, 0.05) is 24.6 Å². The van der Waals surface area contributed by atoms with Gasteiger partial charge in [-0.3, -0.25) is 9.89 Å². The van der Waals surface area contributed by atoms with Crippen LogP contribution in [-0.2, 0) is 4.74 Å². The molecule has 1 fully saturated rings. The molecular weight excluding hydrogens is 273 g/mol. The predicted octanol–water partition coefficient (Wildman–Crippen LogP) is 1.98. The van der Waals surface area contributed by atoms with Crippen molar-refractivity contribution >= 4 is 5.91 Å². The Labute approximate surface area is 121 Å². The molecule has 1 aromatic carbocycles. The number of nitrogens with one attached hydrogen (secondary N) is 2. The molecule has 2 aromatic rings. The number of benzene rings is 1. The fourth-order valence-corrected chi connectivity index (χ4v) is 2.37. The van der Waals surface area contributed by atoms with Crippen molar-refractivity contribution in [1.29, 1.82) is 0 Å². The van der Waals surface area contributed by atoms with Gasteiger partial charge in [0.15, 0.2) is 0 Å². The minimum atomic E-state index is -0.314. The molecule has 2 heterocycles. The van der Waals surface area contributed by atoms with Crippen LogP contribution in [-0.4, -0.2) is 35.9 Å². The number of halogens is 1. The number of carbonyl (C=O) groups excluding carboxylic acids is 1. The monoisotopic (exact) mass is 289 g/mol. The molecule has 1 atom stereocenters. The van der Waals surface area contributed by atoms with Crippen LogP contribution in [0.25, 0.3) is 11.3 Å². The molecule has 0 bridgehead atoms. The quantitative estimate of drug-likeness (QED) is 0.904. The fourth-order valence-electron chi connectivity index (χ4n) is 2.37. The van der Waals surface area contributed by atoms with Crippen molar-refractivity contribution in [3.05, 3.63) is 41.8 Å². The van der Waals surface area contributed by atoms with Crippen LogP contribution in [0.4, 0.5) is 4.39 Å². The Morgan fingerprint density at radius 1 is 1.43 bits per heavy atom. The minimum Gasteiger partial charge on any atom is -0.381 e. The first-order valence-electron chi connectivity index (χ1n) is 6.89. The Morgan fingerprint density at radius 3 is 2.95 bits per heavy atom. The zero-order valence-electron chi connectivity index (χ0n) is 11.4. The van der Waals surface area contributed by atoms with Gasteiger partial charge in [-0.25, -0.2) is 4.39 Å². The first-order valence-corrected chi connectivity index (χ1v) is 6.89. The highest BCUT2D eigenvalue weighted by Crippen LogP contribution is 2.21. The van der Waals surface area contributed by atoms with Gasteiger partial charge in [-0.1, -0.05) is 0 Å². The molecule has 0 spiro atoms. The van der Waals surface area contributed by atoms with E-state index in [4.69, 9.17) is 4.74 Å². The van der Waals surface area contributed by atoms with E-state index in [2.05, 4.69) is 15.5 Å². The second kappa shape index (κ2) is 6.05. The summed E-state index contributed by atoms with van der Waals surface area (Å²) in [5.41, 5.74) is 1.78. The van der Waals surface area contributed by atoms with Crippen molar-refractivity contribution in [2.75, 3.05) is 19.8 Å². The van der Waals surface area contributed by atoms with E-state index in [9.17, 15) is 9.18 Å². The molecule has 6 heteroatoms. The lowest BCUT2D eigenvalue weighted by Gasteiger charge is -2.09. The summed E-state index contributed by atoms with van der Waals surface area (Å²) in [6.45, 7) is 2.04. The number of ether oxygens (including phenoxy) is 1. The molecule has 0 saturated carbocycles. The summed E-state index contributed by atoms with van der Waals surface area (Å²) in [5.74, 6) is -0.129. The van der Waals surface area contributed by atoms with Gasteiger partial charge >= 0.3 is 0 Å². The lowest BCUT2D eigenvalue weighted by atomic mass is 10.1. The Morgan fingerprint density at radius 2 is 2.24 bits per heavy atom. The van der Waals surface area contributed by atoms with Gasteiger partial charge in [0.2, 0.25) is 0 Å². The van der Waals surface area contributed by atoms with Gasteiger partial charge < -0.3 is 10.1 Å². The Bertz CT molecular complexity index is 618. The molecule has 21 heavy (non-hydrogen) atoms. The maximum Gasteiger partial charge on any atom is 0.255 e. The SMILES string of the molecule is O=C(NCC1CCOC1)c1cn[nH]c1-c1ccc(F)cc1.